The van der Waals surface area contributed by atoms with E-state index in [-0.39, 0.29) is 11.9 Å². The Labute approximate surface area is 259 Å². The summed E-state index contributed by atoms with van der Waals surface area (Å²) in [6.45, 7) is 0.831. The maximum absolute atomic E-state index is 13.8. The van der Waals surface area contributed by atoms with Crippen molar-refractivity contribution in [3.63, 3.8) is 0 Å². The number of carbonyl (C=O) groups excluding carboxylic acids is 1. The number of hydrogen-bond acceptors (Lipinski definition) is 5. The molecule has 1 atom stereocenters. The normalized spacial score (nSPS) is 14.1. The van der Waals surface area contributed by atoms with E-state index >= 15 is 0 Å². The number of rotatable bonds is 10. The first kappa shape index (κ1) is 28.6. The van der Waals surface area contributed by atoms with E-state index in [2.05, 4.69) is 10.2 Å². The van der Waals surface area contributed by atoms with Crippen LogP contribution in [0.15, 0.2) is 91.0 Å². The van der Waals surface area contributed by atoms with Crippen LogP contribution in [0.25, 0.3) is 11.3 Å². The van der Waals surface area contributed by atoms with E-state index < -0.39 is 0 Å². The van der Waals surface area contributed by atoms with Crippen LogP contribution in [0.3, 0.4) is 0 Å². The van der Waals surface area contributed by atoms with Gasteiger partial charge in [-0.1, -0.05) is 71.7 Å². The number of nitrogens with one attached hydrogen (secondary N) is 1. The third-order valence-electron chi connectivity index (χ3n) is 7.62. The number of methoxy groups -OCH3 is 2. The zero-order chi connectivity index (χ0) is 29.9. The van der Waals surface area contributed by atoms with Gasteiger partial charge in [-0.25, -0.2) is 0 Å². The highest BCUT2D eigenvalue weighted by molar-refractivity contribution is 6.31. The second-order valence-electron chi connectivity index (χ2n) is 10.2. The molecule has 4 aromatic carbocycles. The van der Waals surface area contributed by atoms with Crippen LogP contribution < -0.4 is 14.2 Å². The standard InChI is InChI=1S/C34H29Cl2N3O4/c1-41-28-16-7-21(19-29(28)42-2)17-18-39-33(23-10-14-26(15-11-23)43-20-24-5-3-4-6-27(24)36)30-31(37-38-32(30)34(39)40)22-8-12-25(35)13-9-22/h3-16,19,33H,17-18,20H2,1-2H3,(H,37,38). The largest absolute Gasteiger partial charge is 0.493 e. The molecule has 1 aliphatic rings. The fourth-order valence-electron chi connectivity index (χ4n) is 5.41. The van der Waals surface area contributed by atoms with Gasteiger partial charge in [-0.3, -0.25) is 9.89 Å². The molecule has 43 heavy (non-hydrogen) atoms. The third-order valence-corrected chi connectivity index (χ3v) is 8.24. The lowest BCUT2D eigenvalue weighted by Gasteiger charge is -2.27. The fraction of sp³-hybridized carbons (Fsp3) is 0.176. The monoisotopic (exact) mass is 613 g/mol. The third kappa shape index (κ3) is 5.78. The lowest BCUT2D eigenvalue weighted by Crippen LogP contribution is -2.31. The molecule has 0 saturated carbocycles. The summed E-state index contributed by atoms with van der Waals surface area (Å²) in [5.41, 5.74) is 5.80. The predicted octanol–water partition coefficient (Wildman–Crippen LogP) is 7.77. The summed E-state index contributed by atoms with van der Waals surface area (Å²) in [5.74, 6) is 1.91. The van der Waals surface area contributed by atoms with Crippen LogP contribution in [-0.2, 0) is 13.0 Å². The molecule has 2 heterocycles. The van der Waals surface area contributed by atoms with Crippen molar-refractivity contribution in [2.45, 2.75) is 19.1 Å². The summed E-state index contributed by atoms with van der Waals surface area (Å²) in [5, 5.41) is 8.88. The fourth-order valence-corrected chi connectivity index (χ4v) is 5.73. The molecule has 7 nitrogen and oxygen atoms in total. The Kier molecular flexibility index (Phi) is 8.27. The molecule has 9 heteroatoms. The van der Waals surface area contributed by atoms with Crippen molar-refractivity contribution in [2.24, 2.45) is 0 Å². The lowest BCUT2D eigenvalue weighted by molar-refractivity contribution is 0.0746. The zero-order valence-corrected chi connectivity index (χ0v) is 25.2. The molecule has 0 radical (unpaired) electrons. The Morgan fingerprint density at radius 3 is 2.35 bits per heavy atom. The van der Waals surface area contributed by atoms with Crippen molar-refractivity contribution in [2.75, 3.05) is 20.8 Å². The van der Waals surface area contributed by atoms with Gasteiger partial charge in [-0.05, 0) is 60.0 Å². The SMILES string of the molecule is COc1ccc(CCN2C(=O)c3[nH]nc(-c4ccc(Cl)cc4)c3C2c2ccc(OCc3ccccc3Cl)cc2)cc1OC. The van der Waals surface area contributed by atoms with Crippen LogP contribution in [-0.4, -0.2) is 41.8 Å². The number of halogens is 2. The van der Waals surface area contributed by atoms with Gasteiger partial charge in [0, 0.05) is 33.3 Å². The van der Waals surface area contributed by atoms with E-state index in [4.69, 9.17) is 37.4 Å². The van der Waals surface area contributed by atoms with Crippen molar-refractivity contribution < 1.29 is 19.0 Å². The molecule has 0 fully saturated rings. The lowest BCUT2D eigenvalue weighted by atomic mass is 9.96. The summed E-state index contributed by atoms with van der Waals surface area (Å²) in [6, 6.07) is 28.4. The number of aromatic amines is 1. The molecule has 6 rings (SSSR count). The number of H-pyrrole nitrogens is 1. The maximum atomic E-state index is 13.8. The second kappa shape index (κ2) is 12.4. The van der Waals surface area contributed by atoms with Crippen molar-refractivity contribution in [3.8, 4) is 28.5 Å². The molecule has 1 aliphatic heterocycles. The van der Waals surface area contributed by atoms with Gasteiger partial charge >= 0.3 is 0 Å². The summed E-state index contributed by atoms with van der Waals surface area (Å²) in [6.07, 6.45) is 0.621. The smallest absolute Gasteiger partial charge is 0.273 e. The maximum Gasteiger partial charge on any atom is 0.273 e. The number of aromatic nitrogens is 2. The van der Waals surface area contributed by atoms with Crippen molar-refractivity contribution in [1.82, 2.24) is 15.1 Å². The average Bonchev–Trinajstić information content (AvgIpc) is 3.58. The number of benzene rings is 4. The zero-order valence-electron chi connectivity index (χ0n) is 23.6. The van der Waals surface area contributed by atoms with Crippen LogP contribution in [0.2, 0.25) is 10.0 Å². The molecule has 0 bridgehead atoms. The highest BCUT2D eigenvalue weighted by atomic mass is 35.5. The number of ether oxygens (including phenoxy) is 3. The Morgan fingerprint density at radius 2 is 1.63 bits per heavy atom. The van der Waals surface area contributed by atoms with Gasteiger partial charge in [-0.15, -0.1) is 0 Å². The molecule has 5 aromatic rings. The summed E-state index contributed by atoms with van der Waals surface area (Å²) in [7, 11) is 3.22. The van der Waals surface area contributed by atoms with Gasteiger partial charge < -0.3 is 19.1 Å². The van der Waals surface area contributed by atoms with E-state index in [1.54, 1.807) is 14.2 Å². The van der Waals surface area contributed by atoms with Gasteiger partial charge in [-0.2, -0.15) is 5.10 Å². The molecule has 1 N–H and O–H groups in total. The number of carbonyl (C=O) groups is 1. The molecular formula is C34H29Cl2N3O4. The van der Waals surface area contributed by atoms with E-state index in [0.717, 1.165) is 33.5 Å². The van der Waals surface area contributed by atoms with Crippen LogP contribution >= 0.6 is 23.2 Å². The topological polar surface area (TPSA) is 76.7 Å². The van der Waals surface area contributed by atoms with E-state index in [9.17, 15) is 4.79 Å². The summed E-state index contributed by atoms with van der Waals surface area (Å²) in [4.78, 5) is 15.7. The molecule has 0 saturated heterocycles. The number of nitrogens with zero attached hydrogens (tertiary/aromatic N) is 2. The molecule has 0 spiro atoms. The molecule has 0 aliphatic carbocycles. The molecule has 218 valence electrons. The molecule has 1 aromatic heterocycles. The van der Waals surface area contributed by atoms with E-state index in [1.807, 2.05) is 95.9 Å². The molecule has 1 amide bonds. The minimum atomic E-state index is -0.357. The Balaban J connectivity index is 1.31. The van der Waals surface area contributed by atoms with Crippen molar-refractivity contribution in [3.05, 3.63) is 129 Å². The Morgan fingerprint density at radius 1 is 0.884 bits per heavy atom. The highest BCUT2D eigenvalue weighted by Crippen LogP contribution is 2.43. The van der Waals surface area contributed by atoms with Crippen LogP contribution in [0.1, 0.15) is 38.8 Å². The minimum Gasteiger partial charge on any atom is -0.493 e. The minimum absolute atomic E-state index is 0.104. The van der Waals surface area contributed by atoms with Crippen LogP contribution in [0.5, 0.6) is 17.2 Å². The van der Waals surface area contributed by atoms with Crippen LogP contribution in [0, 0.1) is 0 Å². The highest BCUT2D eigenvalue weighted by Gasteiger charge is 2.42. The van der Waals surface area contributed by atoms with Gasteiger partial charge in [0.15, 0.2) is 11.5 Å². The van der Waals surface area contributed by atoms with Gasteiger partial charge in [0.2, 0.25) is 0 Å². The van der Waals surface area contributed by atoms with Gasteiger partial charge in [0.1, 0.15) is 18.1 Å². The first-order valence-corrected chi connectivity index (χ1v) is 14.5. The van der Waals surface area contributed by atoms with Crippen molar-refractivity contribution in [1.29, 1.82) is 0 Å². The van der Waals surface area contributed by atoms with Gasteiger partial charge in [0.25, 0.3) is 5.91 Å². The number of fused-ring (bicyclic) bond motifs is 1. The number of hydrogen-bond donors (Lipinski definition) is 1. The van der Waals surface area contributed by atoms with E-state index in [0.29, 0.717) is 52.6 Å². The Hall–Kier alpha value is -4.46. The number of amides is 1. The second-order valence-corrected chi connectivity index (χ2v) is 11.0. The predicted molar refractivity (Wildman–Crippen MR) is 167 cm³/mol. The quantitative estimate of drug-likeness (QED) is 0.174. The van der Waals surface area contributed by atoms with E-state index in [1.165, 1.54) is 0 Å². The van der Waals surface area contributed by atoms with Gasteiger partial charge in [0.05, 0.1) is 26.0 Å². The first-order valence-electron chi connectivity index (χ1n) is 13.8. The molecule has 1 unspecified atom stereocenters. The average molecular weight is 615 g/mol. The summed E-state index contributed by atoms with van der Waals surface area (Å²) >= 11 is 12.5. The molecular weight excluding hydrogens is 585 g/mol. The summed E-state index contributed by atoms with van der Waals surface area (Å²) < 4.78 is 16.9. The van der Waals surface area contributed by atoms with Crippen LogP contribution in [0.4, 0.5) is 0 Å². The first-order chi connectivity index (χ1) is 21.0. The Bertz CT molecular complexity index is 1750. The van der Waals surface area contributed by atoms with Crippen molar-refractivity contribution >= 4 is 29.1 Å².